The summed E-state index contributed by atoms with van der Waals surface area (Å²) in [5, 5.41) is 0. The number of hydrogen-bond acceptors (Lipinski definition) is 3. The molecule has 1 aliphatic carbocycles. The molecule has 0 amide bonds. The normalized spacial score (nSPS) is 19.4. The van der Waals surface area contributed by atoms with Crippen LogP contribution in [0.5, 0.6) is 0 Å². The van der Waals surface area contributed by atoms with Crippen molar-refractivity contribution in [2.75, 3.05) is 13.2 Å². The van der Waals surface area contributed by atoms with E-state index in [4.69, 9.17) is 9.05 Å². The Hall–Kier alpha value is -0.320. The largest absolute Gasteiger partial charge is 0.413 e. The molecule has 1 fully saturated rings. The highest BCUT2D eigenvalue weighted by molar-refractivity contribution is 7.57. The van der Waals surface area contributed by atoms with Gasteiger partial charge in [0, 0.05) is 11.4 Å². The molecule has 0 atom stereocenters. The van der Waals surface area contributed by atoms with Crippen molar-refractivity contribution in [2.45, 2.75) is 52.1 Å². The van der Waals surface area contributed by atoms with Gasteiger partial charge in [-0.1, -0.05) is 19.3 Å². The first-order chi connectivity index (χ1) is 9.32. The van der Waals surface area contributed by atoms with Gasteiger partial charge >= 0.3 is 13.8 Å². The van der Waals surface area contributed by atoms with Crippen LogP contribution < -0.4 is 0 Å². The monoisotopic (exact) mass is 314 g/mol. The minimum absolute atomic E-state index is 0.0452. The van der Waals surface area contributed by atoms with Gasteiger partial charge in [-0.25, -0.2) is 0 Å². The van der Waals surface area contributed by atoms with Gasteiger partial charge in [0.15, 0.2) is 0 Å². The van der Waals surface area contributed by atoms with Crippen LogP contribution in [0, 0.1) is 5.92 Å². The van der Waals surface area contributed by atoms with Crippen LogP contribution in [0.4, 0.5) is 13.2 Å². The summed E-state index contributed by atoms with van der Waals surface area (Å²) in [4.78, 5) is 0. The topological polar surface area (TPSA) is 35.5 Å². The number of halogens is 3. The van der Waals surface area contributed by atoms with E-state index in [2.05, 4.69) is 0 Å². The van der Waals surface area contributed by atoms with Crippen molar-refractivity contribution in [3.63, 3.8) is 0 Å². The first kappa shape index (κ1) is 17.7. The smallest absolute Gasteiger partial charge is 0.306 e. The number of rotatable bonds is 6. The van der Waals surface area contributed by atoms with E-state index in [0.717, 1.165) is 19.3 Å². The van der Waals surface area contributed by atoms with E-state index >= 15 is 0 Å². The van der Waals surface area contributed by atoms with Gasteiger partial charge in [-0.15, -0.1) is 0 Å². The zero-order valence-electron chi connectivity index (χ0n) is 11.9. The van der Waals surface area contributed by atoms with Gasteiger partial charge in [-0.2, -0.15) is 13.2 Å². The Balaban J connectivity index is 3.07. The summed E-state index contributed by atoms with van der Waals surface area (Å²) in [6, 6.07) is 0. The number of alkyl halides is 3. The third-order valence-electron chi connectivity index (χ3n) is 3.29. The summed E-state index contributed by atoms with van der Waals surface area (Å²) >= 11 is 0. The Morgan fingerprint density at radius 2 is 1.65 bits per heavy atom. The second-order valence-electron chi connectivity index (χ2n) is 4.79. The number of allylic oxidation sites excluding steroid dienone is 1. The van der Waals surface area contributed by atoms with Crippen LogP contribution >= 0.6 is 7.60 Å². The molecule has 7 heteroatoms. The molecule has 118 valence electrons. The third-order valence-corrected chi connectivity index (χ3v) is 5.12. The predicted octanol–water partition coefficient (Wildman–Crippen LogP) is 5.28. The lowest BCUT2D eigenvalue weighted by molar-refractivity contribution is -0.100. The minimum Gasteiger partial charge on any atom is -0.306 e. The van der Waals surface area contributed by atoms with Crippen LogP contribution in [-0.4, -0.2) is 19.4 Å². The molecule has 20 heavy (non-hydrogen) atoms. The van der Waals surface area contributed by atoms with E-state index < -0.39 is 25.3 Å². The van der Waals surface area contributed by atoms with Crippen molar-refractivity contribution in [3.8, 4) is 0 Å². The van der Waals surface area contributed by atoms with Crippen molar-refractivity contribution in [3.05, 3.63) is 11.4 Å². The summed E-state index contributed by atoms with van der Waals surface area (Å²) in [6.45, 7) is 3.24. The SMILES string of the molecule is CCOP(=O)(/C=C(/C1CCCCC1)C(F)(F)F)OCC. The molecule has 0 aromatic heterocycles. The Morgan fingerprint density at radius 3 is 2.05 bits per heavy atom. The summed E-state index contributed by atoms with van der Waals surface area (Å²) in [5.41, 5.74) is -0.748. The van der Waals surface area contributed by atoms with Gasteiger partial charge in [-0.05, 0) is 32.6 Å². The fourth-order valence-electron chi connectivity index (χ4n) is 2.47. The van der Waals surface area contributed by atoms with E-state index in [1.165, 1.54) is 0 Å². The van der Waals surface area contributed by atoms with E-state index in [1.807, 2.05) is 0 Å². The van der Waals surface area contributed by atoms with Crippen LogP contribution in [0.3, 0.4) is 0 Å². The maximum Gasteiger partial charge on any atom is 0.413 e. The van der Waals surface area contributed by atoms with Crippen molar-refractivity contribution in [2.24, 2.45) is 5.92 Å². The standard InChI is InChI=1S/C13H22F3O3P/c1-3-18-20(17,19-4-2)10-12(13(14,15)16)11-8-6-5-7-9-11/h10-11H,3-9H2,1-2H3/b12-10-. The molecule has 0 aromatic rings. The highest BCUT2D eigenvalue weighted by Crippen LogP contribution is 2.54. The van der Waals surface area contributed by atoms with Gasteiger partial charge in [0.05, 0.1) is 13.2 Å². The highest BCUT2D eigenvalue weighted by Gasteiger charge is 2.41. The van der Waals surface area contributed by atoms with E-state index in [9.17, 15) is 17.7 Å². The molecule has 1 aliphatic rings. The molecule has 0 aromatic carbocycles. The van der Waals surface area contributed by atoms with Crippen LogP contribution in [0.15, 0.2) is 11.4 Å². The van der Waals surface area contributed by atoms with Crippen LogP contribution in [0.25, 0.3) is 0 Å². The second kappa shape index (κ2) is 7.62. The summed E-state index contributed by atoms with van der Waals surface area (Å²) in [7, 11) is -3.82. The Labute approximate surface area is 118 Å². The van der Waals surface area contributed by atoms with Crippen LogP contribution in [-0.2, 0) is 13.6 Å². The maximum atomic E-state index is 13.2. The zero-order chi connectivity index (χ0) is 15.2. The molecule has 1 rings (SSSR count). The quantitative estimate of drug-likeness (QED) is 0.626. The van der Waals surface area contributed by atoms with Crippen LogP contribution in [0.1, 0.15) is 46.0 Å². The molecule has 0 bridgehead atoms. The Bertz CT molecular complexity index is 364. The fraction of sp³-hybridized carbons (Fsp3) is 0.846. The summed E-state index contributed by atoms with van der Waals surface area (Å²) in [6.07, 6.45) is -1.05. The van der Waals surface area contributed by atoms with Crippen molar-refractivity contribution in [1.29, 1.82) is 0 Å². The first-order valence-corrected chi connectivity index (χ1v) is 8.62. The lowest BCUT2D eigenvalue weighted by Crippen LogP contribution is -2.22. The summed E-state index contributed by atoms with van der Waals surface area (Å²) in [5.74, 6) is 0.105. The maximum absolute atomic E-state index is 13.2. The van der Waals surface area contributed by atoms with Crippen molar-refractivity contribution < 1.29 is 26.8 Å². The minimum atomic E-state index is -4.49. The van der Waals surface area contributed by atoms with Gasteiger partial charge in [0.1, 0.15) is 0 Å². The molecule has 0 spiro atoms. The van der Waals surface area contributed by atoms with Gasteiger partial charge in [0.2, 0.25) is 0 Å². The molecular formula is C13H22F3O3P. The highest BCUT2D eigenvalue weighted by atomic mass is 31.2. The first-order valence-electron chi connectivity index (χ1n) is 7.01. The molecule has 0 radical (unpaired) electrons. The van der Waals surface area contributed by atoms with Gasteiger partial charge in [-0.3, -0.25) is 4.57 Å². The van der Waals surface area contributed by atoms with E-state index in [-0.39, 0.29) is 13.2 Å². The average molecular weight is 314 g/mol. The lowest BCUT2D eigenvalue weighted by Gasteiger charge is -2.27. The Morgan fingerprint density at radius 1 is 1.15 bits per heavy atom. The van der Waals surface area contributed by atoms with Crippen molar-refractivity contribution in [1.82, 2.24) is 0 Å². The zero-order valence-corrected chi connectivity index (χ0v) is 12.8. The molecule has 1 saturated carbocycles. The molecule has 3 nitrogen and oxygen atoms in total. The van der Waals surface area contributed by atoms with Crippen LogP contribution in [0.2, 0.25) is 0 Å². The Kier molecular flexibility index (Phi) is 6.76. The molecular weight excluding hydrogens is 292 g/mol. The lowest BCUT2D eigenvalue weighted by atomic mass is 9.84. The second-order valence-corrected chi connectivity index (χ2v) is 6.65. The fourth-order valence-corrected chi connectivity index (χ4v) is 4.11. The van der Waals surface area contributed by atoms with Crippen molar-refractivity contribution >= 4 is 7.60 Å². The van der Waals surface area contributed by atoms with E-state index in [1.54, 1.807) is 13.8 Å². The third kappa shape index (κ3) is 5.23. The number of hydrogen-bond donors (Lipinski definition) is 0. The molecule has 0 saturated heterocycles. The van der Waals surface area contributed by atoms with Gasteiger partial charge in [0.25, 0.3) is 0 Å². The van der Waals surface area contributed by atoms with E-state index in [0.29, 0.717) is 18.7 Å². The molecule has 0 unspecified atom stereocenters. The molecule has 0 heterocycles. The summed E-state index contributed by atoms with van der Waals surface area (Å²) < 4.78 is 61.8. The average Bonchev–Trinajstić information content (AvgIpc) is 2.36. The molecule has 0 N–H and O–H groups in total. The molecule has 0 aliphatic heterocycles. The van der Waals surface area contributed by atoms with Gasteiger partial charge < -0.3 is 9.05 Å². The predicted molar refractivity (Wildman–Crippen MR) is 71.6 cm³/mol.